The Kier molecular flexibility index (Phi) is 8.05. The van der Waals surface area contributed by atoms with E-state index in [1.807, 2.05) is 6.92 Å². The molecule has 0 aliphatic carbocycles. The molecule has 0 aromatic heterocycles. The molecule has 0 saturated heterocycles. The average Bonchev–Trinajstić information content (AvgIpc) is 2.05. The summed E-state index contributed by atoms with van der Waals surface area (Å²) in [7, 11) is 1.49. The third kappa shape index (κ3) is 7.50. The molecule has 0 aliphatic heterocycles. The minimum absolute atomic E-state index is 0.0994. The molecule has 1 N–H and O–H groups in total. The van der Waals surface area contributed by atoms with Gasteiger partial charge in [0.05, 0.1) is 6.61 Å². The Hall–Kier alpha value is -0.610. The molecule has 0 fully saturated rings. The minimum Gasteiger partial charge on any atom is -0.380 e. The standard InChI is InChI=1S/C8H17NO3/c1-3-5-12-6-4-9-8(10)7-11-2/h3-7H2,1-2H3,(H,9,10). The van der Waals surface area contributed by atoms with Crippen LogP contribution in [0.2, 0.25) is 0 Å². The van der Waals surface area contributed by atoms with Crippen molar-refractivity contribution in [2.45, 2.75) is 13.3 Å². The van der Waals surface area contributed by atoms with Crippen molar-refractivity contribution >= 4 is 5.91 Å². The van der Waals surface area contributed by atoms with Crippen molar-refractivity contribution in [2.24, 2.45) is 0 Å². The number of hydrogen-bond acceptors (Lipinski definition) is 3. The molecule has 0 heterocycles. The molecule has 0 radical (unpaired) electrons. The van der Waals surface area contributed by atoms with Crippen LogP contribution in [0.3, 0.4) is 0 Å². The van der Waals surface area contributed by atoms with Gasteiger partial charge in [0.15, 0.2) is 0 Å². The fourth-order valence-electron chi connectivity index (χ4n) is 0.691. The molecule has 0 aromatic carbocycles. The molecule has 0 atom stereocenters. The highest BCUT2D eigenvalue weighted by Crippen LogP contribution is 1.78. The second kappa shape index (κ2) is 8.49. The molecule has 12 heavy (non-hydrogen) atoms. The van der Waals surface area contributed by atoms with Crippen molar-refractivity contribution in [1.82, 2.24) is 5.32 Å². The largest absolute Gasteiger partial charge is 0.380 e. The zero-order valence-corrected chi connectivity index (χ0v) is 7.76. The van der Waals surface area contributed by atoms with E-state index in [9.17, 15) is 4.79 Å². The monoisotopic (exact) mass is 175 g/mol. The predicted octanol–water partition coefficient (Wildman–Crippen LogP) is 0.176. The Bertz CT molecular complexity index is 117. The Labute approximate surface area is 73.2 Å². The number of rotatable bonds is 7. The Morgan fingerprint density at radius 3 is 2.75 bits per heavy atom. The van der Waals surface area contributed by atoms with Crippen LogP contribution < -0.4 is 5.32 Å². The van der Waals surface area contributed by atoms with Gasteiger partial charge in [-0.25, -0.2) is 0 Å². The van der Waals surface area contributed by atoms with E-state index in [-0.39, 0.29) is 12.5 Å². The van der Waals surface area contributed by atoms with E-state index in [0.29, 0.717) is 13.2 Å². The van der Waals surface area contributed by atoms with Crippen molar-refractivity contribution < 1.29 is 14.3 Å². The number of amides is 1. The zero-order valence-electron chi connectivity index (χ0n) is 7.76. The molecule has 1 amide bonds. The first-order valence-electron chi connectivity index (χ1n) is 4.14. The van der Waals surface area contributed by atoms with Crippen LogP contribution in [0.15, 0.2) is 0 Å². The van der Waals surface area contributed by atoms with Crippen LogP contribution in [0.25, 0.3) is 0 Å². The summed E-state index contributed by atoms with van der Waals surface area (Å²) in [6, 6.07) is 0. The molecule has 0 aromatic rings. The van der Waals surface area contributed by atoms with Gasteiger partial charge < -0.3 is 14.8 Å². The quantitative estimate of drug-likeness (QED) is 0.561. The highest BCUT2D eigenvalue weighted by Gasteiger charge is 1.96. The lowest BCUT2D eigenvalue weighted by Gasteiger charge is -2.04. The van der Waals surface area contributed by atoms with E-state index >= 15 is 0 Å². The Balaban J connectivity index is 3.03. The van der Waals surface area contributed by atoms with Crippen LogP contribution in [0.5, 0.6) is 0 Å². The molecule has 0 spiro atoms. The van der Waals surface area contributed by atoms with Gasteiger partial charge in [0.1, 0.15) is 6.61 Å². The summed E-state index contributed by atoms with van der Waals surface area (Å²) in [5.74, 6) is -0.0994. The summed E-state index contributed by atoms with van der Waals surface area (Å²) in [4.78, 5) is 10.8. The number of hydrogen-bond donors (Lipinski definition) is 1. The van der Waals surface area contributed by atoms with Crippen LogP contribution in [-0.4, -0.2) is 39.4 Å². The van der Waals surface area contributed by atoms with Gasteiger partial charge in [0.2, 0.25) is 5.91 Å². The Morgan fingerprint density at radius 1 is 1.42 bits per heavy atom. The zero-order chi connectivity index (χ0) is 9.23. The van der Waals surface area contributed by atoms with Crippen molar-refractivity contribution in [3.05, 3.63) is 0 Å². The van der Waals surface area contributed by atoms with Crippen LogP contribution >= 0.6 is 0 Å². The molecular weight excluding hydrogens is 158 g/mol. The molecule has 0 aliphatic rings. The second-order valence-electron chi connectivity index (χ2n) is 2.40. The SMILES string of the molecule is CCCOCCNC(=O)COC. The second-order valence-corrected chi connectivity index (χ2v) is 2.40. The van der Waals surface area contributed by atoms with Crippen LogP contribution in [-0.2, 0) is 14.3 Å². The summed E-state index contributed by atoms with van der Waals surface area (Å²) in [5.41, 5.74) is 0. The van der Waals surface area contributed by atoms with E-state index in [2.05, 4.69) is 10.1 Å². The maximum atomic E-state index is 10.8. The first-order valence-corrected chi connectivity index (χ1v) is 4.14. The van der Waals surface area contributed by atoms with E-state index in [0.717, 1.165) is 13.0 Å². The summed E-state index contributed by atoms with van der Waals surface area (Å²) >= 11 is 0. The highest BCUT2D eigenvalue weighted by atomic mass is 16.5. The maximum absolute atomic E-state index is 10.8. The third-order valence-corrected chi connectivity index (χ3v) is 1.19. The van der Waals surface area contributed by atoms with Gasteiger partial charge in [-0.1, -0.05) is 6.92 Å². The third-order valence-electron chi connectivity index (χ3n) is 1.19. The Morgan fingerprint density at radius 2 is 2.17 bits per heavy atom. The normalized spacial score (nSPS) is 9.83. The first-order chi connectivity index (χ1) is 5.81. The molecule has 0 bridgehead atoms. The van der Waals surface area contributed by atoms with Gasteiger partial charge in [-0.15, -0.1) is 0 Å². The number of nitrogens with one attached hydrogen (secondary N) is 1. The molecule has 4 nitrogen and oxygen atoms in total. The number of methoxy groups -OCH3 is 1. The van der Waals surface area contributed by atoms with E-state index in [1.165, 1.54) is 7.11 Å². The molecule has 0 rings (SSSR count). The van der Waals surface area contributed by atoms with Crippen molar-refractivity contribution in [2.75, 3.05) is 33.5 Å². The number of carbonyl (C=O) groups excluding carboxylic acids is 1. The number of carbonyl (C=O) groups is 1. The summed E-state index contributed by atoms with van der Waals surface area (Å²) < 4.78 is 9.78. The van der Waals surface area contributed by atoms with Crippen LogP contribution in [0.1, 0.15) is 13.3 Å². The molecule has 72 valence electrons. The van der Waals surface area contributed by atoms with Crippen molar-refractivity contribution in [3.8, 4) is 0 Å². The summed E-state index contributed by atoms with van der Waals surface area (Å²) in [6.45, 7) is 4.04. The molecule has 0 saturated carbocycles. The fraction of sp³-hybridized carbons (Fsp3) is 0.875. The van der Waals surface area contributed by atoms with E-state index < -0.39 is 0 Å². The maximum Gasteiger partial charge on any atom is 0.246 e. The lowest BCUT2D eigenvalue weighted by molar-refractivity contribution is -0.124. The molecular formula is C8H17NO3. The van der Waals surface area contributed by atoms with Gasteiger partial charge in [0.25, 0.3) is 0 Å². The lowest BCUT2D eigenvalue weighted by atomic mass is 10.5. The topological polar surface area (TPSA) is 47.6 Å². The predicted molar refractivity (Wildman–Crippen MR) is 46.0 cm³/mol. The minimum atomic E-state index is -0.0994. The first kappa shape index (κ1) is 11.4. The van der Waals surface area contributed by atoms with Gasteiger partial charge in [0, 0.05) is 20.3 Å². The average molecular weight is 175 g/mol. The van der Waals surface area contributed by atoms with Crippen molar-refractivity contribution in [1.29, 1.82) is 0 Å². The van der Waals surface area contributed by atoms with Crippen LogP contribution in [0, 0.1) is 0 Å². The molecule has 4 heteroatoms. The number of ether oxygens (including phenoxy) is 2. The van der Waals surface area contributed by atoms with E-state index in [4.69, 9.17) is 4.74 Å². The van der Waals surface area contributed by atoms with Gasteiger partial charge in [-0.3, -0.25) is 4.79 Å². The van der Waals surface area contributed by atoms with Gasteiger partial charge in [-0.2, -0.15) is 0 Å². The lowest BCUT2D eigenvalue weighted by Crippen LogP contribution is -2.30. The van der Waals surface area contributed by atoms with Crippen LogP contribution in [0.4, 0.5) is 0 Å². The van der Waals surface area contributed by atoms with Gasteiger partial charge >= 0.3 is 0 Å². The summed E-state index contributed by atoms with van der Waals surface area (Å²) in [6.07, 6.45) is 1.01. The summed E-state index contributed by atoms with van der Waals surface area (Å²) in [5, 5.41) is 2.65. The fourth-order valence-corrected chi connectivity index (χ4v) is 0.691. The smallest absolute Gasteiger partial charge is 0.246 e. The van der Waals surface area contributed by atoms with Crippen molar-refractivity contribution in [3.63, 3.8) is 0 Å². The van der Waals surface area contributed by atoms with Gasteiger partial charge in [-0.05, 0) is 6.42 Å². The van der Waals surface area contributed by atoms with E-state index in [1.54, 1.807) is 0 Å². The highest BCUT2D eigenvalue weighted by molar-refractivity contribution is 5.77. The molecule has 0 unspecified atom stereocenters.